The maximum absolute atomic E-state index is 13.4. The summed E-state index contributed by atoms with van der Waals surface area (Å²) in [5, 5.41) is 1.93. The highest BCUT2D eigenvalue weighted by Gasteiger charge is 2.45. The first kappa shape index (κ1) is 19.2. The summed E-state index contributed by atoms with van der Waals surface area (Å²) < 4.78 is 13.4. The van der Waals surface area contributed by atoms with Crippen LogP contribution >= 0.6 is 11.3 Å². The number of amides is 4. The van der Waals surface area contributed by atoms with Crippen molar-refractivity contribution in [1.29, 1.82) is 0 Å². The summed E-state index contributed by atoms with van der Waals surface area (Å²) in [7, 11) is 0. The highest BCUT2D eigenvalue weighted by atomic mass is 32.1. The molecule has 0 spiro atoms. The van der Waals surface area contributed by atoms with Crippen molar-refractivity contribution in [3.8, 4) is 0 Å². The molecule has 1 aliphatic heterocycles. The molecule has 1 unspecified atom stereocenters. The average molecular weight is 390 g/mol. The first-order chi connectivity index (χ1) is 13.0. The molecule has 1 fully saturated rings. The summed E-state index contributed by atoms with van der Waals surface area (Å²) in [5.41, 5.74) is 0.770. The van der Waals surface area contributed by atoms with E-state index in [-0.39, 0.29) is 19.0 Å². The van der Waals surface area contributed by atoms with Gasteiger partial charge in [0, 0.05) is 23.4 Å². The predicted octanol–water partition coefficient (Wildman–Crippen LogP) is 1.28. The first-order valence-electron chi connectivity index (χ1n) is 8.77. The van der Waals surface area contributed by atoms with Gasteiger partial charge < -0.3 is 4.90 Å². The van der Waals surface area contributed by atoms with E-state index in [4.69, 9.17) is 0 Å². The van der Waals surface area contributed by atoms with Crippen molar-refractivity contribution < 1.29 is 23.7 Å². The third kappa shape index (κ3) is 4.40. The predicted molar refractivity (Wildman–Crippen MR) is 98.5 cm³/mol. The summed E-state index contributed by atoms with van der Waals surface area (Å²) in [6.45, 7) is 3.25. The van der Waals surface area contributed by atoms with Gasteiger partial charge in [-0.2, -0.15) is 0 Å². The van der Waals surface area contributed by atoms with Gasteiger partial charge in [0.05, 0.1) is 6.54 Å². The van der Waals surface area contributed by atoms with Crippen LogP contribution in [0, 0.1) is 5.82 Å². The Bertz CT molecular complexity index is 840. The molecule has 0 radical (unpaired) electrons. The molecular formula is C19H21FN3O3S+. The third-order valence-corrected chi connectivity index (χ3v) is 5.46. The number of hydrogen-bond acceptors (Lipinski definition) is 4. The zero-order chi connectivity index (χ0) is 19.4. The summed E-state index contributed by atoms with van der Waals surface area (Å²) in [6, 6.07) is 9.48. The fraction of sp³-hybridized carbons (Fsp3) is 0.316. The Morgan fingerprint density at radius 2 is 1.85 bits per heavy atom. The number of urea groups is 1. The monoisotopic (exact) mass is 390 g/mol. The van der Waals surface area contributed by atoms with Crippen LogP contribution in [0.25, 0.3) is 0 Å². The SMILES string of the molecule is CC[NH+](Cc1cccc(F)c1)CN1C(=O)C(=O)N(CCc2cccs2)C1=O. The molecule has 1 atom stereocenters. The van der Waals surface area contributed by atoms with Crippen LogP contribution in [0.1, 0.15) is 17.4 Å². The number of benzene rings is 1. The average Bonchev–Trinajstić information content (AvgIpc) is 3.23. The van der Waals surface area contributed by atoms with Gasteiger partial charge in [-0.05, 0) is 30.5 Å². The van der Waals surface area contributed by atoms with Crippen LogP contribution < -0.4 is 4.90 Å². The molecule has 1 aromatic heterocycles. The topological polar surface area (TPSA) is 62.1 Å². The Kier molecular flexibility index (Phi) is 5.98. The maximum Gasteiger partial charge on any atom is 0.338 e. The number of imide groups is 2. The molecule has 4 amide bonds. The molecular weight excluding hydrogens is 369 g/mol. The van der Waals surface area contributed by atoms with Gasteiger partial charge in [0.15, 0.2) is 6.67 Å². The zero-order valence-electron chi connectivity index (χ0n) is 15.0. The highest BCUT2D eigenvalue weighted by Crippen LogP contribution is 2.14. The largest absolute Gasteiger partial charge is 0.338 e. The molecule has 3 rings (SSSR count). The van der Waals surface area contributed by atoms with Crippen LogP contribution in [-0.2, 0) is 22.6 Å². The van der Waals surface area contributed by atoms with E-state index in [2.05, 4.69) is 0 Å². The summed E-state index contributed by atoms with van der Waals surface area (Å²) in [4.78, 5) is 41.0. The van der Waals surface area contributed by atoms with E-state index in [1.807, 2.05) is 24.4 Å². The van der Waals surface area contributed by atoms with Crippen molar-refractivity contribution in [3.05, 3.63) is 58.0 Å². The van der Waals surface area contributed by atoms with Crippen LogP contribution in [0.4, 0.5) is 9.18 Å². The van der Waals surface area contributed by atoms with Gasteiger partial charge in [-0.3, -0.25) is 14.5 Å². The molecule has 8 heteroatoms. The molecule has 0 aliphatic carbocycles. The Hall–Kier alpha value is -2.58. The van der Waals surface area contributed by atoms with Gasteiger partial charge in [-0.25, -0.2) is 14.1 Å². The van der Waals surface area contributed by atoms with Crippen LogP contribution in [0.15, 0.2) is 41.8 Å². The fourth-order valence-corrected chi connectivity index (χ4v) is 3.71. The lowest BCUT2D eigenvalue weighted by atomic mass is 10.2. The summed E-state index contributed by atoms with van der Waals surface area (Å²) >= 11 is 1.54. The van der Waals surface area contributed by atoms with E-state index in [1.54, 1.807) is 23.5 Å². The number of quaternary nitrogens is 1. The molecule has 2 aromatic rings. The maximum atomic E-state index is 13.4. The lowest BCUT2D eigenvalue weighted by Crippen LogP contribution is -3.12. The van der Waals surface area contributed by atoms with Crippen LogP contribution in [0.3, 0.4) is 0 Å². The van der Waals surface area contributed by atoms with Crippen molar-refractivity contribution in [1.82, 2.24) is 9.80 Å². The van der Waals surface area contributed by atoms with E-state index >= 15 is 0 Å². The molecule has 27 heavy (non-hydrogen) atoms. The minimum Gasteiger partial charge on any atom is -0.314 e. The normalized spacial score (nSPS) is 15.7. The number of thiophene rings is 1. The molecule has 0 bridgehead atoms. The molecule has 0 saturated carbocycles. The van der Waals surface area contributed by atoms with E-state index < -0.39 is 17.8 Å². The number of carbonyl (C=O) groups excluding carboxylic acids is 3. The molecule has 1 saturated heterocycles. The minimum atomic E-state index is -0.795. The Balaban J connectivity index is 1.65. The zero-order valence-corrected chi connectivity index (χ0v) is 15.8. The number of rotatable bonds is 8. The lowest BCUT2D eigenvalue weighted by Gasteiger charge is -2.22. The molecule has 2 heterocycles. The number of halogens is 1. The van der Waals surface area contributed by atoms with Crippen LogP contribution in [-0.4, -0.2) is 47.4 Å². The smallest absolute Gasteiger partial charge is 0.314 e. The second kappa shape index (κ2) is 8.41. The summed E-state index contributed by atoms with van der Waals surface area (Å²) in [5.74, 6) is -1.90. The van der Waals surface area contributed by atoms with Crippen molar-refractivity contribution in [3.63, 3.8) is 0 Å². The van der Waals surface area contributed by atoms with E-state index in [0.29, 0.717) is 19.5 Å². The second-order valence-corrected chi connectivity index (χ2v) is 7.40. The van der Waals surface area contributed by atoms with Gasteiger partial charge in [-0.1, -0.05) is 18.2 Å². The number of hydrogen-bond donors (Lipinski definition) is 1. The number of nitrogens with one attached hydrogen (secondary N) is 1. The Morgan fingerprint density at radius 1 is 1.07 bits per heavy atom. The van der Waals surface area contributed by atoms with E-state index in [9.17, 15) is 18.8 Å². The Labute approximate surface area is 160 Å². The van der Waals surface area contributed by atoms with Crippen molar-refractivity contribution >= 4 is 29.2 Å². The third-order valence-electron chi connectivity index (χ3n) is 4.52. The van der Waals surface area contributed by atoms with Gasteiger partial charge in [-0.15, -0.1) is 11.3 Å². The second-order valence-electron chi connectivity index (χ2n) is 6.37. The van der Waals surface area contributed by atoms with Crippen molar-refractivity contribution in [2.45, 2.75) is 19.9 Å². The quantitative estimate of drug-likeness (QED) is 0.546. The lowest BCUT2D eigenvalue weighted by molar-refractivity contribution is -0.919. The highest BCUT2D eigenvalue weighted by molar-refractivity contribution is 7.09. The van der Waals surface area contributed by atoms with Crippen LogP contribution in [0.5, 0.6) is 0 Å². The Morgan fingerprint density at radius 3 is 2.52 bits per heavy atom. The van der Waals surface area contributed by atoms with Crippen LogP contribution in [0.2, 0.25) is 0 Å². The standard InChI is InChI=1S/C19H20FN3O3S/c1-2-21(12-14-5-3-6-15(20)11-14)13-23-18(25)17(24)22(19(23)26)9-8-16-7-4-10-27-16/h3-7,10-11H,2,8-9,12-13H2,1H3/p+1. The van der Waals surface area contributed by atoms with E-state index in [1.165, 1.54) is 12.1 Å². The van der Waals surface area contributed by atoms with Crippen molar-refractivity contribution in [2.75, 3.05) is 19.8 Å². The van der Waals surface area contributed by atoms with Gasteiger partial charge in [0.2, 0.25) is 0 Å². The molecule has 1 aromatic carbocycles. The van der Waals surface area contributed by atoms with Gasteiger partial charge in [0.1, 0.15) is 12.4 Å². The molecule has 6 nitrogen and oxygen atoms in total. The van der Waals surface area contributed by atoms with Gasteiger partial charge in [0.25, 0.3) is 0 Å². The first-order valence-corrected chi connectivity index (χ1v) is 9.65. The molecule has 1 aliphatic rings. The minimum absolute atomic E-state index is 0.0753. The fourth-order valence-electron chi connectivity index (χ4n) is 3.02. The number of carbonyl (C=O) groups is 3. The number of nitrogens with zero attached hydrogens (tertiary/aromatic N) is 2. The molecule has 142 valence electrons. The van der Waals surface area contributed by atoms with E-state index in [0.717, 1.165) is 25.1 Å². The summed E-state index contributed by atoms with van der Waals surface area (Å²) in [6.07, 6.45) is 0.532. The van der Waals surface area contributed by atoms with Crippen molar-refractivity contribution in [2.24, 2.45) is 0 Å². The van der Waals surface area contributed by atoms with Gasteiger partial charge >= 0.3 is 17.8 Å². The molecule has 1 N–H and O–H groups in total.